The van der Waals surface area contributed by atoms with Gasteiger partial charge in [-0.2, -0.15) is 5.10 Å². The first-order valence-corrected chi connectivity index (χ1v) is 10.4. The van der Waals surface area contributed by atoms with Crippen LogP contribution in [0.2, 0.25) is 0 Å². The molecule has 0 atom stereocenters. The molecule has 0 aliphatic carbocycles. The predicted molar refractivity (Wildman–Crippen MR) is 123 cm³/mol. The molecular formula is C24H21N3O3S. The Balaban J connectivity index is 1.76. The summed E-state index contributed by atoms with van der Waals surface area (Å²) < 4.78 is 12.6. The Morgan fingerprint density at radius 1 is 0.903 bits per heavy atom. The maximum atomic E-state index is 9.68. The smallest absolute Gasteiger partial charge is 0.215 e. The Labute approximate surface area is 184 Å². The van der Waals surface area contributed by atoms with Gasteiger partial charge in [0.05, 0.1) is 26.1 Å². The molecule has 1 aromatic heterocycles. The third-order valence-electron chi connectivity index (χ3n) is 4.64. The van der Waals surface area contributed by atoms with Gasteiger partial charge in [-0.1, -0.05) is 30.3 Å². The lowest BCUT2D eigenvalue weighted by molar-refractivity contribution is 0.355. The average molecular weight is 432 g/mol. The van der Waals surface area contributed by atoms with Gasteiger partial charge in [0, 0.05) is 11.1 Å². The molecule has 156 valence electrons. The summed E-state index contributed by atoms with van der Waals surface area (Å²) in [7, 11) is 3.20. The standard InChI is InChI=1S/C24H21N3O3S/c1-29-22-13-8-17(14-23(22)30-2)15-25-26-24-27(19-9-11-20(28)12-10-19)21(16-31-24)18-6-4-3-5-7-18/h3-16,28H,1-2H3/b25-15+,26-24+. The molecule has 0 bridgehead atoms. The second-order valence-corrected chi connectivity index (χ2v) is 7.42. The van der Waals surface area contributed by atoms with Crippen molar-refractivity contribution in [2.45, 2.75) is 0 Å². The highest BCUT2D eigenvalue weighted by Crippen LogP contribution is 2.27. The molecule has 0 unspecified atom stereocenters. The lowest BCUT2D eigenvalue weighted by Crippen LogP contribution is -2.13. The second-order valence-electron chi connectivity index (χ2n) is 6.58. The van der Waals surface area contributed by atoms with Gasteiger partial charge in [-0.3, -0.25) is 4.57 Å². The van der Waals surface area contributed by atoms with Crippen molar-refractivity contribution in [1.82, 2.24) is 4.57 Å². The number of hydrogen-bond acceptors (Lipinski definition) is 6. The number of phenols is 1. The van der Waals surface area contributed by atoms with E-state index >= 15 is 0 Å². The van der Waals surface area contributed by atoms with Crippen LogP contribution in [0.3, 0.4) is 0 Å². The lowest BCUT2D eigenvalue weighted by atomic mass is 10.1. The van der Waals surface area contributed by atoms with Gasteiger partial charge in [-0.25, -0.2) is 0 Å². The van der Waals surface area contributed by atoms with E-state index in [0.29, 0.717) is 16.3 Å². The number of hydrogen-bond donors (Lipinski definition) is 1. The van der Waals surface area contributed by atoms with Crippen molar-refractivity contribution >= 4 is 17.6 Å². The van der Waals surface area contributed by atoms with Gasteiger partial charge >= 0.3 is 0 Å². The lowest BCUT2D eigenvalue weighted by Gasteiger charge is -2.09. The van der Waals surface area contributed by atoms with Gasteiger partial charge in [0.15, 0.2) is 11.5 Å². The molecule has 0 aliphatic rings. The van der Waals surface area contributed by atoms with Gasteiger partial charge < -0.3 is 14.6 Å². The number of benzene rings is 3. The van der Waals surface area contributed by atoms with Crippen LogP contribution in [0.15, 0.2) is 88.4 Å². The first kappa shape index (κ1) is 20.4. The monoisotopic (exact) mass is 431 g/mol. The fraction of sp³-hybridized carbons (Fsp3) is 0.0833. The van der Waals surface area contributed by atoms with E-state index in [-0.39, 0.29) is 5.75 Å². The van der Waals surface area contributed by atoms with Crippen LogP contribution in [0.1, 0.15) is 5.56 Å². The number of ether oxygens (including phenoxy) is 2. The van der Waals surface area contributed by atoms with Gasteiger partial charge in [-0.05, 0) is 53.6 Å². The Bertz CT molecular complexity index is 1260. The summed E-state index contributed by atoms with van der Waals surface area (Å²) in [4.78, 5) is 0.710. The number of nitrogens with zero attached hydrogens (tertiary/aromatic N) is 3. The molecule has 3 aromatic carbocycles. The zero-order chi connectivity index (χ0) is 21.6. The molecule has 0 fully saturated rings. The van der Waals surface area contributed by atoms with Gasteiger partial charge in [0.1, 0.15) is 5.75 Å². The molecule has 0 aliphatic heterocycles. The van der Waals surface area contributed by atoms with Crippen molar-refractivity contribution < 1.29 is 14.6 Å². The maximum Gasteiger partial charge on any atom is 0.215 e. The van der Waals surface area contributed by atoms with E-state index in [1.54, 1.807) is 32.6 Å². The molecule has 0 saturated carbocycles. The van der Waals surface area contributed by atoms with Crippen LogP contribution in [0, 0.1) is 0 Å². The van der Waals surface area contributed by atoms with E-state index in [1.165, 1.54) is 11.3 Å². The zero-order valence-electron chi connectivity index (χ0n) is 17.1. The van der Waals surface area contributed by atoms with Crippen molar-refractivity contribution in [3.8, 4) is 34.2 Å². The first-order chi connectivity index (χ1) is 15.2. The average Bonchev–Trinajstić information content (AvgIpc) is 3.24. The van der Waals surface area contributed by atoms with Gasteiger partial charge in [0.25, 0.3) is 0 Å². The molecule has 4 aromatic rings. The second kappa shape index (κ2) is 9.32. The predicted octanol–water partition coefficient (Wildman–Crippen LogP) is 4.86. The minimum absolute atomic E-state index is 0.214. The topological polar surface area (TPSA) is 68.3 Å². The molecule has 0 saturated heterocycles. The molecule has 7 heteroatoms. The largest absolute Gasteiger partial charge is 0.508 e. The minimum atomic E-state index is 0.214. The van der Waals surface area contributed by atoms with E-state index in [9.17, 15) is 5.11 Å². The highest BCUT2D eigenvalue weighted by atomic mass is 32.1. The van der Waals surface area contributed by atoms with E-state index in [0.717, 1.165) is 22.5 Å². The fourth-order valence-corrected chi connectivity index (χ4v) is 3.98. The fourth-order valence-electron chi connectivity index (χ4n) is 3.12. The summed E-state index contributed by atoms with van der Waals surface area (Å²) in [6, 6.07) is 22.7. The normalized spacial score (nSPS) is 11.7. The van der Waals surface area contributed by atoms with Crippen molar-refractivity contribution in [3.05, 3.63) is 88.5 Å². The van der Waals surface area contributed by atoms with E-state index in [2.05, 4.69) is 22.3 Å². The van der Waals surface area contributed by atoms with Crippen LogP contribution < -0.4 is 14.3 Å². The van der Waals surface area contributed by atoms with Crippen molar-refractivity contribution in [1.29, 1.82) is 0 Å². The maximum absolute atomic E-state index is 9.68. The van der Waals surface area contributed by atoms with E-state index in [1.807, 2.05) is 58.5 Å². The molecule has 4 rings (SSSR count). The number of thiazole rings is 1. The number of phenolic OH excluding ortho intramolecular Hbond substituents is 1. The molecule has 0 radical (unpaired) electrons. The summed E-state index contributed by atoms with van der Waals surface area (Å²) in [5.74, 6) is 1.51. The molecule has 31 heavy (non-hydrogen) atoms. The van der Waals surface area contributed by atoms with Crippen LogP contribution in [0.5, 0.6) is 17.2 Å². The van der Waals surface area contributed by atoms with Crippen LogP contribution in [-0.2, 0) is 0 Å². The van der Waals surface area contributed by atoms with Crippen LogP contribution in [0.25, 0.3) is 16.9 Å². The molecule has 6 nitrogen and oxygen atoms in total. The summed E-state index contributed by atoms with van der Waals surface area (Å²) >= 11 is 1.49. The van der Waals surface area contributed by atoms with Crippen LogP contribution in [0.4, 0.5) is 0 Å². The first-order valence-electron chi connectivity index (χ1n) is 9.54. The third kappa shape index (κ3) is 4.51. The number of methoxy groups -OCH3 is 2. The summed E-state index contributed by atoms with van der Waals surface area (Å²) in [6.45, 7) is 0. The molecule has 0 spiro atoms. The zero-order valence-corrected chi connectivity index (χ0v) is 17.9. The van der Waals surface area contributed by atoms with Gasteiger partial charge in [0.2, 0.25) is 4.80 Å². The molecule has 0 amide bonds. The highest BCUT2D eigenvalue weighted by molar-refractivity contribution is 7.07. The SMILES string of the molecule is COc1ccc(/C=N/N=c2/scc(-c3ccccc3)n2-c2ccc(O)cc2)cc1OC. The van der Waals surface area contributed by atoms with Crippen LogP contribution in [-0.4, -0.2) is 30.1 Å². The van der Waals surface area contributed by atoms with Crippen LogP contribution >= 0.6 is 11.3 Å². The van der Waals surface area contributed by atoms with E-state index < -0.39 is 0 Å². The highest BCUT2D eigenvalue weighted by Gasteiger charge is 2.10. The van der Waals surface area contributed by atoms with Crippen molar-refractivity contribution in [2.24, 2.45) is 10.2 Å². The van der Waals surface area contributed by atoms with Crippen molar-refractivity contribution in [3.63, 3.8) is 0 Å². The molecular weight excluding hydrogens is 410 g/mol. The Hall–Kier alpha value is -3.84. The van der Waals surface area contributed by atoms with Crippen molar-refractivity contribution in [2.75, 3.05) is 14.2 Å². The number of aromatic nitrogens is 1. The summed E-state index contributed by atoms with van der Waals surface area (Å²) in [5, 5.41) is 20.5. The Morgan fingerprint density at radius 2 is 1.65 bits per heavy atom. The molecule has 1 N–H and O–H groups in total. The quantitative estimate of drug-likeness (QED) is 0.350. The summed E-state index contributed by atoms with van der Waals surface area (Å²) in [5.41, 5.74) is 3.80. The third-order valence-corrected chi connectivity index (χ3v) is 5.46. The Kier molecular flexibility index (Phi) is 6.14. The summed E-state index contributed by atoms with van der Waals surface area (Å²) in [6.07, 6.45) is 1.67. The Morgan fingerprint density at radius 3 is 2.35 bits per heavy atom. The minimum Gasteiger partial charge on any atom is -0.508 e. The number of aromatic hydroxyl groups is 1. The molecule has 1 heterocycles. The van der Waals surface area contributed by atoms with E-state index in [4.69, 9.17) is 9.47 Å². The number of rotatable bonds is 6. The van der Waals surface area contributed by atoms with Gasteiger partial charge in [-0.15, -0.1) is 16.4 Å².